The molecule has 2 atom stereocenters. The molecule has 0 bridgehead atoms. The van der Waals surface area contributed by atoms with Crippen LogP contribution < -0.4 is 0 Å². The molecule has 0 N–H and O–H groups in total. The van der Waals surface area contributed by atoms with E-state index in [1.807, 2.05) is 20.0 Å². The standard InChI is InChI=1S/C16H22N4O/c1-12-9-20(11-16-18-17-13(2)19(16)3)10-15(21-12)14-7-5-4-6-8-14/h4-8,12,15H,9-11H2,1-3H3. The molecule has 1 fully saturated rings. The fourth-order valence-electron chi connectivity index (χ4n) is 2.81. The molecule has 1 saturated heterocycles. The monoisotopic (exact) mass is 286 g/mol. The normalized spacial score (nSPS) is 23.4. The second-order valence-electron chi connectivity index (χ2n) is 5.76. The van der Waals surface area contributed by atoms with Gasteiger partial charge in [-0.2, -0.15) is 0 Å². The SMILES string of the molecule is Cc1nnc(CN2CC(C)OC(c3ccccc3)C2)n1C. The van der Waals surface area contributed by atoms with E-state index < -0.39 is 0 Å². The summed E-state index contributed by atoms with van der Waals surface area (Å²) in [5.74, 6) is 1.96. The Morgan fingerprint density at radius 1 is 1.19 bits per heavy atom. The summed E-state index contributed by atoms with van der Waals surface area (Å²) in [6.07, 6.45) is 0.350. The summed E-state index contributed by atoms with van der Waals surface area (Å²) in [5, 5.41) is 8.40. The van der Waals surface area contributed by atoms with Crippen molar-refractivity contribution in [3.8, 4) is 0 Å². The predicted molar refractivity (Wildman–Crippen MR) is 80.7 cm³/mol. The van der Waals surface area contributed by atoms with E-state index in [2.05, 4.69) is 50.9 Å². The first-order chi connectivity index (χ1) is 10.1. The Hall–Kier alpha value is -1.72. The molecular weight excluding hydrogens is 264 g/mol. The Morgan fingerprint density at radius 2 is 1.95 bits per heavy atom. The third kappa shape index (κ3) is 3.14. The van der Waals surface area contributed by atoms with E-state index in [1.54, 1.807) is 0 Å². The van der Waals surface area contributed by atoms with Gasteiger partial charge in [0.25, 0.3) is 0 Å². The maximum Gasteiger partial charge on any atom is 0.146 e. The number of nitrogens with zero attached hydrogens (tertiary/aromatic N) is 4. The molecule has 0 amide bonds. The highest BCUT2D eigenvalue weighted by atomic mass is 16.5. The molecule has 2 heterocycles. The summed E-state index contributed by atoms with van der Waals surface area (Å²) < 4.78 is 8.14. The molecule has 0 spiro atoms. The molecular formula is C16H22N4O. The predicted octanol–water partition coefficient (Wildman–Crippen LogP) is 2.09. The largest absolute Gasteiger partial charge is 0.368 e. The van der Waals surface area contributed by atoms with Crippen molar-refractivity contribution in [3.63, 3.8) is 0 Å². The van der Waals surface area contributed by atoms with E-state index in [0.29, 0.717) is 0 Å². The van der Waals surface area contributed by atoms with Crippen LogP contribution in [-0.4, -0.2) is 38.9 Å². The van der Waals surface area contributed by atoms with Gasteiger partial charge in [0.05, 0.1) is 18.8 Å². The van der Waals surface area contributed by atoms with Gasteiger partial charge in [0.1, 0.15) is 11.6 Å². The molecule has 5 heteroatoms. The summed E-state index contributed by atoms with van der Waals surface area (Å²) in [6, 6.07) is 10.4. The van der Waals surface area contributed by atoms with Crippen molar-refractivity contribution in [2.45, 2.75) is 32.6 Å². The molecule has 1 aromatic carbocycles. The number of aromatic nitrogens is 3. The molecule has 3 rings (SSSR count). The van der Waals surface area contributed by atoms with Crippen molar-refractivity contribution in [3.05, 3.63) is 47.5 Å². The van der Waals surface area contributed by atoms with Crippen LogP contribution in [0.5, 0.6) is 0 Å². The second-order valence-corrected chi connectivity index (χ2v) is 5.76. The number of hydrogen-bond acceptors (Lipinski definition) is 4. The highest BCUT2D eigenvalue weighted by Crippen LogP contribution is 2.25. The van der Waals surface area contributed by atoms with Gasteiger partial charge < -0.3 is 9.30 Å². The zero-order valence-electron chi connectivity index (χ0n) is 12.9. The van der Waals surface area contributed by atoms with Gasteiger partial charge in [0, 0.05) is 20.1 Å². The van der Waals surface area contributed by atoms with Crippen LogP contribution in [0, 0.1) is 6.92 Å². The molecule has 2 unspecified atom stereocenters. The third-order valence-electron chi connectivity index (χ3n) is 4.06. The van der Waals surface area contributed by atoms with Crippen molar-refractivity contribution in [1.29, 1.82) is 0 Å². The summed E-state index contributed by atoms with van der Waals surface area (Å²) in [6.45, 7) is 6.74. The topological polar surface area (TPSA) is 43.2 Å². The van der Waals surface area contributed by atoms with Gasteiger partial charge in [0.2, 0.25) is 0 Å². The van der Waals surface area contributed by atoms with Gasteiger partial charge in [-0.25, -0.2) is 0 Å². The molecule has 5 nitrogen and oxygen atoms in total. The first-order valence-electron chi connectivity index (χ1n) is 7.41. The number of rotatable bonds is 3. The quantitative estimate of drug-likeness (QED) is 0.866. The van der Waals surface area contributed by atoms with Crippen molar-refractivity contribution in [2.75, 3.05) is 13.1 Å². The zero-order chi connectivity index (χ0) is 14.8. The molecule has 2 aromatic rings. The number of aryl methyl sites for hydroxylation is 1. The Labute approximate surface area is 125 Å². The van der Waals surface area contributed by atoms with Crippen molar-refractivity contribution in [1.82, 2.24) is 19.7 Å². The van der Waals surface area contributed by atoms with E-state index in [9.17, 15) is 0 Å². The first-order valence-corrected chi connectivity index (χ1v) is 7.41. The third-order valence-corrected chi connectivity index (χ3v) is 4.06. The van der Waals surface area contributed by atoms with Crippen molar-refractivity contribution in [2.24, 2.45) is 7.05 Å². The number of ether oxygens (including phenoxy) is 1. The average Bonchev–Trinajstić information content (AvgIpc) is 2.80. The summed E-state index contributed by atoms with van der Waals surface area (Å²) in [7, 11) is 2.02. The summed E-state index contributed by atoms with van der Waals surface area (Å²) >= 11 is 0. The Morgan fingerprint density at radius 3 is 2.62 bits per heavy atom. The van der Waals surface area contributed by atoms with Crippen LogP contribution in [0.3, 0.4) is 0 Å². The lowest BCUT2D eigenvalue weighted by Crippen LogP contribution is -2.42. The Balaban J connectivity index is 1.73. The maximum atomic E-state index is 6.09. The van der Waals surface area contributed by atoms with Crippen molar-refractivity contribution < 1.29 is 4.74 Å². The lowest BCUT2D eigenvalue weighted by Gasteiger charge is -2.36. The van der Waals surface area contributed by atoms with E-state index in [0.717, 1.165) is 31.3 Å². The van der Waals surface area contributed by atoms with Crippen LogP contribution >= 0.6 is 0 Å². The minimum absolute atomic E-state index is 0.129. The summed E-state index contributed by atoms with van der Waals surface area (Å²) in [4.78, 5) is 2.40. The van der Waals surface area contributed by atoms with Gasteiger partial charge in [0.15, 0.2) is 0 Å². The molecule has 0 radical (unpaired) electrons. The highest BCUT2D eigenvalue weighted by molar-refractivity contribution is 5.18. The zero-order valence-corrected chi connectivity index (χ0v) is 12.9. The fourth-order valence-corrected chi connectivity index (χ4v) is 2.81. The number of hydrogen-bond donors (Lipinski definition) is 0. The van der Waals surface area contributed by atoms with Gasteiger partial charge in [-0.3, -0.25) is 4.90 Å². The van der Waals surface area contributed by atoms with Crippen LogP contribution in [0.25, 0.3) is 0 Å². The van der Waals surface area contributed by atoms with Gasteiger partial charge >= 0.3 is 0 Å². The van der Waals surface area contributed by atoms with Crippen LogP contribution in [0.2, 0.25) is 0 Å². The van der Waals surface area contributed by atoms with Gasteiger partial charge in [-0.05, 0) is 19.4 Å². The van der Waals surface area contributed by atoms with Gasteiger partial charge in [-0.1, -0.05) is 30.3 Å². The molecule has 0 saturated carbocycles. The fraction of sp³-hybridized carbons (Fsp3) is 0.500. The van der Waals surface area contributed by atoms with E-state index in [-0.39, 0.29) is 12.2 Å². The van der Waals surface area contributed by atoms with Gasteiger partial charge in [-0.15, -0.1) is 10.2 Å². The minimum Gasteiger partial charge on any atom is -0.368 e. The molecule has 1 aliphatic heterocycles. The molecule has 0 aliphatic carbocycles. The molecule has 112 valence electrons. The van der Waals surface area contributed by atoms with Crippen molar-refractivity contribution >= 4 is 0 Å². The smallest absolute Gasteiger partial charge is 0.146 e. The lowest BCUT2D eigenvalue weighted by molar-refractivity contribution is -0.0821. The minimum atomic E-state index is 0.129. The van der Waals surface area contributed by atoms with E-state index in [1.165, 1.54) is 5.56 Å². The molecule has 21 heavy (non-hydrogen) atoms. The number of benzene rings is 1. The maximum absolute atomic E-state index is 6.09. The average molecular weight is 286 g/mol. The highest BCUT2D eigenvalue weighted by Gasteiger charge is 2.27. The van der Waals surface area contributed by atoms with E-state index in [4.69, 9.17) is 4.74 Å². The molecule has 1 aliphatic rings. The Bertz CT molecular complexity index is 596. The van der Waals surface area contributed by atoms with Crippen LogP contribution in [0.1, 0.15) is 30.2 Å². The Kier molecular flexibility index (Phi) is 4.03. The van der Waals surface area contributed by atoms with Crippen LogP contribution in [0.4, 0.5) is 0 Å². The van der Waals surface area contributed by atoms with Crippen LogP contribution in [-0.2, 0) is 18.3 Å². The molecule has 1 aromatic heterocycles. The summed E-state index contributed by atoms with van der Waals surface area (Å²) in [5.41, 5.74) is 1.24. The van der Waals surface area contributed by atoms with E-state index >= 15 is 0 Å². The second kappa shape index (κ2) is 5.95. The first kappa shape index (κ1) is 14.2. The lowest BCUT2D eigenvalue weighted by atomic mass is 10.1. The number of morpholine rings is 1. The van der Waals surface area contributed by atoms with Crippen LogP contribution in [0.15, 0.2) is 30.3 Å².